The zero-order chi connectivity index (χ0) is 14.4. The molecule has 2 rings (SSSR count). The molecule has 0 saturated heterocycles. The van der Waals surface area contributed by atoms with Crippen LogP contribution in [0.4, 0.5) is 4.39 Å². The van der Waals surface area contributed by atoms with Gasteiger partial charge in [-0.15, -0.1) is 0 Å². The molecule has 0 aliphatic carbocycles. The first kappa shape index (κ1) is 14.5. The topological polar surface area (TPSA) is 56.5 Å². The molecular weight excluding hydrogens is 263 g/mol. The predicted octanol–water partition coefficient (Wildman–Crippen LogP) is 2.23. The summed E-state index contributed by atoms with van der Waals surface area (Å²) in [7, 11) is 3.13. The normalized spacial score (nSPS) is 10.8. The van der Waals surface area contributed by atoms with E-state index in [-0.39, 0.29) is 5.56 Å². The van der Waals surface area contributed by atoms with Crippen molar-refractivity contribution in [3.05, 3.63) is 35.8 Å². The molecule has 0 fully saturated rings. The van der Waals surface area contributed by atoms with Crippen LogP contribution >= 0.6 is 0 Å². The Morgan fingerprint density at radius 1 is 1.35 bits per heavy atom. The number of nitrogens with zero attached hydrogens (tertiary/aromatic N) is 1. The molecule has 1 aromatic carbocycles. The summed E-state index contributed by atoms with van der Waals surface area (Å²) in [4.78, 5) is 0. The van der Waals surface area contributed by atoms with Gasteiger partial charge in [0.1, 0.15) is 11.6 Å². The Balaban J connectivity index is 2.23. The minimum Gasteiger partial charge on any atom is -0.496 e. The quantitative estimate of drug-likeness (QED) is 0.788. The zero-order valence-corrected chi connectivity index (χ0v) is 11.5. The van der Waals surface area contributed by atoms with Gasteiger partial charge in [-0.1, -0.05) is 11.2 Å². The molecule has 1 N–H and O–H groups in total. The second kappa shape index (κ2) is 7.02. The van der Waals surface area contributed by atoms with E-state index >= 15 is 0 Å². The van der Waals surface area contributed by atoms with Crippen molar-refractivity contribution in [2.24, 2.45) is 0 Å². The molecule has 0 bridgehead atoms. The lowest BCUT2D eigenvalue weighted by Gasteiger charge is -2.08. The van der Waals surface area contributed by atoms with Crippen LogP contribution in [-0.4, -0.2) is 32.5 Å². The minimum atomic E-state index is -0.403. The number of hydrogen-bond acceptors (Lipinski definition) is 5. The maximum atomic E-state index is 14.0. The third-order valence-corrected chi connectivity index (χ3v) is 2.86. The van der Waals surface area contributed by atoms with Crippen LogP contribution in [0.1, 0.15) is 5.56 Å². The first-order chi connectivity index (χ1) is 9.77. The monoisotopic (exact) mass is 280 g/mol. The van der Waals surface area contributed by atoms with Gasteiger partial charge in [-0.2, -0.15) is 0 Å². The highest BCUT2D eigenvalue weighted by Gasteiger charge is 2.19. The van der Waals surface area contributed by atoms with E-state index in [4.69, 9.17) is 14.0 Å². The Hall–Kier alpha value is -1.92. The lowest BCUT2D eigenvalue weighted by atomic mass is 10.1. The summed E-state index contributed by atoms with van der Waals surface area (Å²) in [5.74, 6) is 0.393. The van der Waals surface area contributed by atoms with Gasteiger partial charge in [-0.3, -0.25) is 0 Å². The highest BCUT2D eigenvalue weighted by molar-refractivity contribution is 5.68. The SMILES string of the molecule is COCCNCc1cnoc1-c1c(F)cccc1OC. The third-order valence-electron chi connectivity index (χ3n) is 2.86. The fourth-order valence-corrected chi connectivity index (χ4v) is 1.88. The summed E-state index contributed by atoms with van der Waals surface area (Å²) in [5.41, 5.74) is 1.06. The van der Waals surface area contributed by atoms with Crippen LogP contribution < -0.4 is 10.1 Å². The van der Waals surface area contributed by atoms with E-state index in [0.29, 0.717) is 31.2 Å². The van der Waals surface area contributed by atoms with Crippen LogP contribution in [0.3, 0.4) is 0 Å². The number of benzene rings is 1. The second-order valence-electron chi connectivity index (χ2n) is 4.17. The molecule has 6 heteroatoms. The Bertz CT molecular complexity index is 557. The van der Waals surface area contributed by atoms with E-state index in [1.807, 2.05) is 0 Å². The van der Waals surface area contributed by atoms with Gasteiger partial charge in [-0.25, -0.2) is 4.39 Å². The van der Waals surface area contributed by atoms with Crippen LogP contribution in [0.25, 0.3) is 11.3 Å². The number of hydrogen-bond donors (Lipinski definition) is 1. The van der Waals surface area contributed by atoms with Crippen LogP contribution in [-0.2, 0) is 11.3 Å². The van der Waals surface area contributed by atoms with Crippen molar-refractivity contribution >= 4 is 0 Å². The van der Waals surface area contributed by atoms with Gasteiger partial charge in [0.2, 0.25) is 0 Å². The number of aromatic nitrogens is 1. The lowest BCUT2D eigenvalue weighted by Crippen LogP contribution is -2.18. The number of halogens is 1. The Labute approximate surface area is 116 Å². The Kier molecular flexibility index (Phi) is 5.09. The maximum absolute atomic E-state index is 14.0. The van der Waals surface area contributed by atoms with E-state index in [2.05, 4.69) is 10.5 Å². The van der Waals surface area contributed by atoms with Crippen molar-refractivity contribution < 1.29 is 18.4 Å². The zero-order valence-electron chi connectivity index (χ0n) is 11.5. The first-order valence-electron chi connectivity index (χ1n) is 6.24. The van der Waals surface area contributed by atoms with Gasteiger partial charge in [-0.05, 0) is 12.1 Å². The van der Waals surface area contributed by atoms with Crippen LogP contribution in [0.2, 0.25) is 0 Å². The number of ether oxygens (including phenoxy) is 2. The Morgan fingerprint density at radius 2 is 2.20 bits per heavy atom. The Morgan fingerprint density at radius 3 is 2.95 bits per heavy atom. The maximum Gasteiger partial charge on any atom is 0.178 e. The minimum absolute atomic E-state index is 0.288. The molecular formula is C14H17FN2O3. The molecule has 0 atom stereocenters. The molecule has 0 amide bonds. The molecule has 0 spiro atoms. The van der Waals surface area contributed by atoms with E-state index in [9.17, 15) is 4.39 Å². The van der Waals surface area contributed by atoms with Crippen LogP contribution in [0.5, 0.6) is 5.75 Å². The molecule has 108 valence electrons. The first-order valence-corrected chi connectivity index (χ1v) is 6.24. The molecule has 1 aromatic heterocycles. The predicted molar refractivity (Wildman–Crippen MR) is 72.0 cm³/mol. The standard InChI is InChI=1S/C14H17FN2O3/c1-18-7-6-16-8-10-9-17-20-14(10)13-11(15)4-3-5-12(13)19-2/h3-5,9,16H,6-8H2,1-2H3. The molecule has 0 saturated carbocycles. The van der Waals surface area contributed by atoms with Crippen LogP contribution in [0.15, 0.2) is 28.9 Å². The molecule has 0 unspecified atom stereocenters. The van der Waals surface area contributed by atoms with Gasteiger partial charge >= 0.3 is 0 Å². The summed E-state index contributed by atoms with van der Waals surface area (Å²) >= 11 is 0. The van der Waals surface area contributed by atoms with Crippen molar-refractivity contribution in [1.82, 2.24) is 10.5 Å². The number of methoxy groups -OCH3 is 2. The van der Waals surface area contributed by atoms with Crippen molar-refractivity contribution in [2.75, 3.05) is 27.4 Å². The molecule has 1 heterocycles. The lowest BCUT2D eigenvalue weighted by molar-refractivity contribution is 0.199. The van der Waals surface area contributed by atoms with Crippen molar-refractivity contribution in [1.29, 1.82) is 0 Å². The van der Waals surface area contributed by atoms with Gasteiger partial charge in [0, 0.05) is 25.8 Å². The molecule has 20 heavy (non-hydrogen) atoms. The van der Waals surface area contributed by atoms with Gasteiger partial charge in [0.25, 0.3) is 0 Å². The average molecular weight is 280 g/mol. The average Bonchev–Trinajstić information content (AvgIpc) is 2.91. The molecule has 0 radical (unpaired) electrons. The summed E-state index contributed by atoms with van der Waals surface area (Å²) in [6, 6.07) is 4.64. The van der Waals surface area contributed by atoms with E-state index in [0.717, 1.165) is 5.56 Å². The number of rotatable bonds is 7. The summed E-state index contributed by atoms with van der Waals surface area (Å²) < 4.78 is 29.3. The van der Waals surface area contributed by atoms with Crippen molar-refractivity contribution in [3.63, 3.8) is 0 Å². The fraction of sp³-hybridized carbons (Fsp3) is 0.357. The smallest absolute Gasteiger partial charge is 0.178 e. The van der Waals surface area contributed by atoms with E-state index < -0.39 is 5.82 Å². The summed E-state index contributed by atoms with van der Waals surface area (Å²) in [5, 5.41) is 6.91. The largest absolute Gasteiger partial charge is 0.496 e. The summed E-state index contributed by atoms with van der Waals surface area (Å²) in [6.45, 7) is 1.80. The fourth-order valence-electron chi connectivity index (χ4n) is 1.88. The highest BCUT2D eigenvalue weighted by atomic mass is 19.1. The van der Waals surface area contributed by atoms with Gasteiger partial charge < -0.3 is 19.3 Å². The highest BCUT2D eigenvalue weighted by Crippen LogP contribution is 2.34. The van der Waals surface area contributed by atoms with E-state index in [1.165, 1.54) is 13.2 Å². The van der Waals surface area contributed by atoms with Crippen molar-refractivity contribution in [2.45, 2.75) is 6.54 Å². The summed E-state index contributed by atoms with van der Waals surface area (Å²) in [6.07, 6.45) is 1.57. The third kappa shape index (κ3) is 3.15. The second-order valence-corrected chi connectivity index (χ2v) is 4.17. The van der Waals surface area contributed by atoms with Crippen molar-refractivity contribution in [3.8, 4) is 17.1 Å². The number of nitrogens with one attached hydrogen (secondary N) is 1. The molecule has 5 nitrogen and oxygen atoms in total. The van der Waals surface area contributed by atoms with Crippen LogP contribution in [0, 0.1) is 5.82 Å². The molecule has 2 aromatic rings. The molecule has 0 aliphatic heterocycles. The van der Waals surface area contributed by atoms with E-state index in [1.54, 1.807) is 25.4 Å². The van der Waals surface area contributed by atoms with Gasteiger partial charge in [0.15, 0.2) is 5.76 Å². The van der Waals surface area contributed by atoms with Gasteiger partial charge in [0.05, 0.1) is 25.5 Å². The molecule has 0 aliphatic rings.